The molecule has 0 spiro atoms. The summed E-state index contributed by atoms with van der Waals surface area (Å²) < 4.78 is 36.4. The first-order valence-electron chi connectivity index (χ1n) is 13.9. The van der Waals surface area contributed by atoms with E-state index in [0.717, 1.165) is 12.8 Å². The molecule has 0 bridgehead atoms. The van der Waals surface area contributed by atoms with Crippen molar-refractivity contribution in [1.82, 2.24) is 0 Å². The van der Waals surface area contributed by atoms with E-state index >= 15 is 0 Å². The van der Waals surface area contributed by atoms with Crippen molar-refractivity contribution < 1.29 is 58.7 Å². The number of fused-ring (bicyclic) bond motifs is 1. The zero-order valence-corrected chi connectivity index (χ0v) is 22.3. The molecule has 12 nitrogen and oxygen atoms in total. The van der Waals surface area contributed by atoms with E-state index in [2.05, 4.69) is 0 Å². The van der Waals surface area contributed by atoms with E-state index in [1.165, 1.54) is 0 Å². The Morgan fingerprint density at radius 1 is 0.842 bits per heavy atom. The molecule has 12 heteroatoms. The predicted molar refractivity (Wildman–Crippen MR) is 130 cm³/mol. The summed E-state index contributed by atoms with van der Waals surface area (Å²) >= 11 is 0. The minimum Gasteiger partial charge on any atom is -0.394 e. The lowest BCUT2D eigenvalue weighted by Gasteiger charge is -2.48. The zero-order valence-electron chi connectivity index (χ0n) is 22.3. The molecule has 14 atom stereocenters. The summed E-state index contributed by atoms with van der Waals surface area (Å²) in [6, 6.07) is 0. The molecule has 220 valence electrons. The van der Waals surface area contributed by atoms with E-state index < -0.39 is 86.3 Å². The Balaban J connectivity index is 1.52. The highest BCUT2D eigenvalue weighted by atomic mass is 16.7. The van der Waals surface area contributed by atoms with Crippen LogP contribution in [-0.4, -0.2) is 124 Å². The van der Waals surface area contributed by atoms with E-state index in [0.29, 0.717) is 32.3 Å². The number of rotatable bonds is 7. The van der Waals surface area contributed by atoms with Crippen LogP contribution in [0.3, 0.4) is 0 Å². The van der Waals surface area contributed by atoms with Gasteiger partial charge < -0.3 is 54.0 Å². The average Bonchev–Trinajstić information content (AvgIpc) is 2.89. The topological polar surface area (TPSA) is 174 Å². The van der Waals surface area contributed by atoms with Gasteiger partial charge in [0.1, 0.15) is 48.8 Å². The average molecular weight is 549 g/mol. The molecule has 5 N–H and O–H groups in total. The normalized spacial score (nSPS) is 48.5. The van der Waals surface area contributed by atoms with E-state index in [1.807, 2.05) is 6.92 Å². The fraction of sp³-hybridized carbons (Fsp3) is 0.962. The van der Waals surface area contributed by atoms with Gasteiger partial charge in [-0.25, -0.2) is 0 Å². The summed E-state index contributed by atoms with van der Waals surface area (Å²) in [5.41, 5.74) is 0. The second-order valence-corrected chi connectivity index (χ2v) is 11.0. The third kappa shape index (κ3) is 6.41. The van der Waals surface area contributed by atoms with Crippen molar-refractivity contribution in [1.29, 1.82) is 0 Å². The van der Waals surface area contributed by atoms with Gasteiger partial charge in [-0.05, 0) is 38.5 Å². The largest absolute Gasteiger partial charge is 0.394 e. The van der Waals surface area contributed by atoms with Gasteiger partial charge in [-0.2, -0.15) is 0 Å². The van der Waals surface area contributed by atoms with Crippen molar-refractivity contribution >= 4 is 5.78 Å². The van der Waals surface area contributed by atoms with Gasteiger partial charge in [-0.1, -0.05) is 20.3 Å². The number of hydrogen-bond acceptors (Lipinski definition) is 12. The van der Waals surface area contributed by atoms with Crippen LogP contribution in [-0.2, 0) is 33.2 Å². The maximum Gasteiger partial charge on any atom is 0.187 e. The van der Waals surface area contributed by atoms with Crippen molar-refractivity contribution in [2.24, 2.45) is 5.92 Å². The number of Topliss-reactive ketones (excluding diaryl/α,β-unsaturated/α-hetero) is 1. The minimum atomic E-state index is -1.45. The highest BCUT2D eigenvalue weighted by molar-refractivity contribution is 5.82. The summed E-state index contributed by atoms with van der Waals surface area (Å²) in [4.78, 5) is 12.5. The van der Waals surface area contributed by atoms with Crippen LogP contribution in [0.15, 0.2) is 0 Å². The van der Waals surface area contributed by atoms with Gasteiger partial charge in [-0.15, -0.1) is 0 Å². The third-order valence-electron chi connectivity index (χ3n) is 8.23. The van der Waals surface area contributed by atoms with Crippen LogP contribution in [0.1, 0.15) is 59.3 Å². The Morgan fingerprint density at radius 2 is 1.61 bits per heavy atom. The van der Waals surface area contributed by atoms with Gasteiger partial charge in [0.2, 0.25) is 0 Å². The smallest absolute Gasteiger partial charge is 0.187 e. The zero-order chi connectivity index (χ0) is 27.6. The number of hydrogen-bond donors (Lipinski definition) is 5. The predicted octanol–water partition coefficient (Wildman–Crippen LogP) is -0.606. The van der Waals surface area contributed by atoms with Gasteiger partial charge in [-0.3, -0.25) is 4.79 Å². The van der Waals surface area contributed by atoms with Crippen molar-refractivity contribution in [3.8, 4) is 0 Å². The van der Waals surface area contributed by atoms with Crippen molar-refractivity contribution in [2.75, 3.05) is 13.2 Å². The second-order valence-electron chi connectivity index (χ2n) is 11.0. The lowest BCUT2D eigenvalue weighted by atomic mass is 9.85. The van der Waals surface area contributed by atoms with Gasteiger partial charge in [0.25, 0.3) is 0 Å². The maximum atomic E-state index is 12.5. The summed E-state index contributed by atoms with van der Waals surface area (Å²) in [7, 11) is 0. The maximum absolute atomic E-state index is 12.5. The summed E-state index contributed by atoms with van der Waals surface area (Å²) in [5, 5.41) is 51.6. The first-order chi connectivity index (χ1) is 18.2. The highest BCUT2D eigenvalue weighted by Crippen LogP contribution is 2.36. The molecule has 1 aliphatic carbocycles. The SMILES string of the molecule is CCC(=O)[C@H]1CCCOC2C(O1)[C@@H](O)C(CO)O[C@H]2O[C@@H]1CCC[C@@H](C)C1O[C@@H]1OC(C)[C@@H](O)C(O)[C@@H]1O. The van der Waals surface area contributed by atoms with Crippen LogP contribution in [0.5, 0.6) is 0 Å². The lowest BCUT2D eigenvalue weighted by molar-refractivity contribution is -0.354. The Kier molecular flexibility index (Phi) is 10.5. The van der Waals surface area contributed by atoms with Crippen LogP contribution in [0, 0.1) is 5.92 Å². The van der Waals surface area contributed by atoms with E-state index in [4.69, 9.17) is 28.4 Å². The second kappa shape index (κ2) is 13.3. The van der Waals surface area contributed by atoms with Crippen LogP contribution < -0.4 is 0 Å². The molecule has 0 aromatic rings. The Hall–Kier alpha value is -0.770. The molecule has 0 aromatic heterocycles. The van der Waals surface area contributed by atoms with E-state index in [9.17, 15) is 30.3 Å². The van der Waals surface area contributed by atoms with Gasteiger partial charge >= 0.3 is 0 Å². The fourth-order valence-corrected chi connectivity index (χ4v) is 5.85. The first-order valence-corrected chi connectivity index (χ1v) is 13.9. The van der Waals surface area contributed by atoms with Gasteiger partial charge in [0, 0.05) is 13.0 Å². The van der Waals surface area contributed by atoms with Crippen LogP contribution >= 0.6 is 0 Å². The number of carbonyl (C=O) groups excluding carboxylic acids is 1. The van der Waals surface area contributed by atoms with Crippen LogP contribution in [0.4, 0.5) is 0 Å². The van der Waals surface area contributed by atoms with Crippen LogP contribution in [0.25, 0.3) is 0 Å². The molecule has 0 radical (unpaired) electrons. The lowest BCUT2D eigenvalue weighted by Crippen LogP contribution is -2.64. The molecule has 3 saturated heterocycles. The minimum absolute atomic E-state index is 0.00326. The summed E-state index contributed by atoms with van der Waals surface area (Å²) in [6.45, 7) is 5.18. The summed E-state index contributed by atoms with van der Waals surface area (Å²) in [5.74, 6) is -0.0620. The molecule has 0 aromatic carbocycles. The Bertz CT molecular complexity index is 769. The Labute approximate surface area is 223 Å². The molecule has 0 amide bonds. The number of aliphatic hydroxyl groups excluding tert-OH is 5. The summed E-state index contributed by atoms with van der Waals surface area (Å²) in [6.07, 6.45) is -9.24. The molecular weight excluding hydrogens is 504 g/mol. The number of ether oxygens (including phenoxy) is 6. The molecule has 1 saturated carbocycles. The fourth-order valence-electron chi connectivity index (χ4n) is 5.85. The molecule has 6 unspecified atom stereocenters. The van der Waals surface area contributed by atoms with Crippen molar-refractivity contribution in [3.63, 3.8) is 0 Å². The highest BCUT2D eigenvalue weighted by Gasteiger charge is 2.51. The van der Waals surface area contributed by atoms with Crippen molar-refractivity contribution in [3.05, 3.63) is 0 Å². The molecule has 4 aliphatic rings. The monoisotopic (exact) mass is 548 g/mol. The quantitative estimate of drug-likeness (QED) is 0.274. The Morgan fingerprint density at radius 3 is 2.32 bits per heavy atom. The molecule has 3 aliphatic heterocycles. The van der Waals surface area contributed by atoms with E-state index in [-0.39, 0.29) is 11.7 Å². The number of aliphatic hydroxyl groups is 5. The molecule has 4 fully saturated rings. The molecular formula is C26H44O12. The molecule has 4 rings (SSSR count). The molecule has 3 heterocycles. The van der Waals surface area contributed by atoms with Gasteiger partial charge in [0.15, 0.2) is 18.4 Å². The standard InChI is InChI=1S/C26H44O12/c1-4-14(28)15-9-6-10-33-24-23(35-15)19(30)17(11-27)37-26(24)36-16-8-5-7-12(2)22(16)38-25-21(32)20(31)18(29)13(3)34-25/h12-13,15-27,29-32H,4-11H2,1-3H3/t12-,13?,15-,16-,17?,18-,19+,20?,21+,22?,23?,24?,25+,26-/m1/s1. The number of ketones is 1. The molecule has 38 heavy (non-hydrogen) atoms. The number of carbonyl (C=O) groups is 1. The third-order valence-corrected chi connectivity index (χ3v) is 8.23. The van der Waals surface area contributed by atoms with Gasteiger partial charge in [0.05, 0.1) is 24.9 Å². The van der Waals surface area contributed by atoms with E-state index in [1.54, 1.807) is 13.8 Å². The van der Waals surface area contributed by atoms with Crippen LogP contribution in [0.2, 0.25) is 0 Å². The first kappa shape index (κ1) is 30.2. The van der Waals surface area contributed by atoms with Crippen molar-refractivity contribution in [2.45, 2.75) is 139 Å².